The number of aliphatic hydroxyl groups is 1. The summed E-state index contributed by atoms with van der Waals surface area (Å²) in [6.07, 6.45) is 0.887. The van der Waals surface area contributed by atoms with Crippen molar-refractivity contribution in [1.29, 1.82) is 0 Å². The van der Waals surface area contributed by atoms with E-state index >= 15 is 0 Å². The lowest BCUT2D eigenvalue weighted by Crippen LogP contribution is -2.40. The highest BCUT2D eigenvalue weighted by atomic mass is 16.4. The van der Waals surface area contributed by atoms with Gasteiger partial charge < -0.3 is 15.9 Å². The predicted molar refractivity (Wildman–Crippen MR) is 50.3 cm³/mol. The molecule has 0 aromatic rings. The highest BCUT2D eigenvalue weighted by molar-refractivity contribution is 5.75. The topological polar surface area (TPSA) is 83.5 Å². The lowest BCUT2D eigenvalue weighted by Gasteiger charge is -2.28. The van der Waals surface area contributed by atoms with Gasteiger partial charge in [-0.3, -0.25) is 4.79 Å². The number of hydrogen-bond donors (Lipinski definition) is 3. The number of aliphatic carboxylic acids is 1. The fourth-order valence-electron chi connectivity index (χ4n) is 1.61. The molecule has 0 amide bonds. The van der Waals surface area contributed by atoms with Crippen LogP contribution in [0.15, 0.2) is 0 Å². The summed E-state index contributed by atoms with van der Waals surface area (Å²) in [4.78, 5) is 11.0. The van der Waals surface area contributed by atoms with Gasteiger partial charge in [-0.15, -0.1) is 0 Å². The molecule has 0 saturated carbocycles. The van der Waals surface area contributed by atoms with Gasteiger partial charge >= 0.3 is 5.97 Å². The molecule has 4 heteroatoms. The van der Waals surface area contributed by atoms with E-state index in [9.17, 15) is 9.90 Å². The largest absolute Gasteiger partial charge is 0.481 e. The predicted octanol–water partition coefficient (Wildman–Crippen LogP) is 0.587. The Morgan fingerprint density at radius 2 is 2.15 bits per heavy atom. The fourth-order valence-corrected chi connectivity index (χ4v) is 1.61. The molecule has 0 aliphatic rings. The van der Waals surface area contributed by atoms with E-state index in [1.54, 1.807) is 6.92 Å². The summed E-state index contributed by atoms with van der Waals surface area (Å²) in [5.41, 5.74) is 4.51. The summed E-state index contributed by atoms with van der Waals surface area (Å²) < 4.78 is 0. The van der Waals surface area contributed by atoms with E-state index in [0.29, 0.717) is 6.42 Å². The van der Waals surface area contributed by atoms with E-state index in [0.717, 1.165) is 6.42 Å². The van der Waals surface area contributed by atoms with E-state index in [1.165, 1.54) is 0 Å². The monoisotopic (exact) mass is 189 g/mol. The number of nitrogens with two attached hydrogens (primary N) is 1. The average Bonchev–Trinajstić information content (AvgIpc) is 2.02. The molecule has 2 unspecified atom stereocenters. The van der Waals surface area contributed by atoms with Crippen LogP contribution in [0, 0.1) is 5.41 Å². The van der Waals surface area contributed by atoms with E-state index in [1.807, 2.05) is 6.92 Å². The summed E-state index contributed by atoms with van der Waals surface area (Å²) in [7, 11) is 0. The lowest BCUT2D eigenvalue weighted by molar-refractivity contribution is -0.150. The zero-order valence-electron chi connectivity index (χ0n) is 8.29. The first-order chi connectivity index (χ1) is 5.98. The number of hydrogen-bond acceptors (Lipinski definition) is 3. The maximum atomic E-state index is 11.0. The number of carboxylic acid groups (broad SMARTS) is 1. The van der Waals surface area contributed by atoms with Crippen molar-refractivity contribution >= 4 is 5.97 Å². The third-order valence-corrected chi connectivity index (χ3v) is 2.26. The van der Waals surface area contributed by atoms with Crippen LogP contribution in [0.4, 0.5) is 0 Å². The number of carbonyl (C=O) groups is 1. The Kier molecular flexibility index (Phi) is 4.95. The number of carboxylic acids is 1. The molecule has 4 N–H and O–H groups in total. The molecule has 0 rings (SSSR count). The normalized spacial score (nSPS) is 17.8. The Labute approximate surface area is 78.7 Å². The molecule has 0 bridgehead atoms. The molecule has 0 aliphatic heterocycles. The maximum absolute atomic E-state index is 11.0. The van der Waals surface area contributed by atoms with Crippen LogP contribution in [0.1, 0.15) is 33.1 Å². The second-order valence-electron chi connectivity index (χ2n) is 3.59. The van der Waals surface area contributed by atoms with Gasteiger partial charge in [0.25, 0.3) is 0 Å². The molecule has 2 atom stereocenters. The minimum Gasteiger partial charge on any atom is -0.481 e. The first-order valence-corrected chi connectivity index (χ1v) is 4.60. The minimum absolute atomic E-state index is 0.0844. The van der Waals surface area contributed by atoms with Crippen molar-refractivity contribution in [3.05, 3.63) is 0 Å². The van der Waals surface area contributed by atoms with Crippen molar-refractivity contribution < 1.29 is 15.0 Å². The van der Waals surface area contributed by atoms with Crippen LogP contribution in [0.5, 0.6) is 0 Å². The van der Waals surface area contributed by atoms with E-state index < -0.39 is 17.5 Å². The van der Waals surface area contributed by atoms with Crippen molar-refractivity contribution in [2.75, 3.05) is 6.54 Å². The molecule has 78 valence electrons. The van der Waals surface area contributed by atoms with Crippen molar-refractivity contribution in [2.24, 2.45) is 11.1 Å². The lowest BCUT2D eigenvalue weighted by atomic mass is 9.78. The Morgan fingerprint density at radius 3 is 2.38 bits per heavy atom. The van der Waals surface area contributed by atoms with Gasteiger partial charge in [-0.25, -0.2) is 0 Å². The van der Waals surface area contributed by atoms with E-state index in [-0.39, 0.29) is 13.0 Å². The van der Waals surface area contributed by atoms with Gasteiger partial charge in [0.05, 0.1) is 11.5 Å². The van der Waals surface area contributed by atoms with Crippen LogP contribution in [0.2, 0.25) is 0 Å². The van der Waals surface area contributed by atoms with Crippen molar-refractivity contribution in [3.8, 4) is 0 Å². The molecule has 0 heterocycles. The summed E-state index contributed by atoms with van der Waals surface area (Å²) in [6.45, 7) is 3.58. The van der Waals surface area contributed by atoms with Gasteiger partial charge in [0.2, 0.25) is 0 Å². The van der Waals surface area contributed by atoms with Gasteiger partial charge in [-0.2, -0.15) is 0 Å². The first kappa shape index (κ1) is 12.4. The Bertz CT molecular complexity index is 170. The Hall–Kier alpha value is -0.610. The molecule has 0 aromatic carbocycles. The van der Waals surface area contributed by atoms with Gasteiger partial charge in [0, 0.05) is 6.54 Å². The molecular weight excluding hydrogens is 170 g/mol. The van der Waals surface area contributed by atoms with Crippen LogP contribution >= 0.6 is 0 Å². The van der Waals surface area contributed by atoms with Crippen LogP contribution in [0.25, 0.3) is 0 Å². The fraction of sp³-hybridized carbons (Fsp3) is 0.889. The van der Waals surface area contributed by atoms with Crippen LogP contribution in [-0.2, 0) is 4.79 Å². The molecule has 0 aromatic heterocycles. The Balaban J connectivity index is 4.54. The SMILES string of the molecule is CCCC(CN)(CC(C)O)C(=O)O. The van der Waals surface area contributed by atoms with Crippen LogP contribution < -0.4 is 5.73 Å². The van der Waals surface area contributed by atoms with Crippen molar-refractivity contribution in [3.63, 3.8) is 0 Å². The average molecular weight is 189 g/mol. The molecule has 0 fully saturated rings. The van der Waals surface area contributed by atoms with Gasteiger partial charge in [0.15, 0.2) is 0 Å². The molecule has 0 aliphatic carbocycles. The van der Waals surface area contributed by atoms with Crippen LogP contribution in [-0.4, -0.2) is 28.8 Å². The highest BCUT2D eigenvalue weighted by Crippen LogP contribution is 2.28. The summed E-state index contributed by atoms with van der Waals surface area (Å²) in [5, 5.41) is 18.2. The van der Waals surface area contributed by atoms with Crippen LogP contribution in [0.3, 0.4) is 0 Å². The molecule has 4 nitrogen and oxygen atoms in total. The first-order valence-electron chi connectivity index (χ1n) is 4.60. The molecule has 0 saturated heterocycles. The zero-order valence-corrected chi connectivity index (χ0v) is 8.29. The second-order valence-corrected chi connectivity index (χ2v) is 3.59. The van der Waals surface area contributed by atoms with E-state index in [4.69, 9.17) is 10.8 Å². The van der Waals surface area contributed by atoms with Gasteiger partial charge in [0.1, 0.15) is 0 Å². The third-order valence-electron chi connectivity index (χ3n) is 2.26. The molecule has 0 spiro atoms. The maximum Gasteiger partial charge on any atom is 0.311 e. The zero-order chi connectivity index (χ0) is 10.5. The Morgan fingerprint density at radius 1 is 1.62 bits per heavy atom. The number of aliphatic hydroxyl groups excluding tert-OH is 1. The summed E-state index contributed by atoms with van der Waals surface area (Å²) in [6, 6.07) is 0. The minimum atomic E-state index is -0.942. The quantitative estimate of drug-likeness (QED) is 0.571. The van der Waals surface area contributed by atoms with Crippen molar-refractivity contribution in [1.82, 2.24) is 0 Å². The number of rotatable bonds is 6. The molecular formula is C9H19NO3. The standard InChI is InChI=1S/C9H19NO3/c1-3-4-9(6-10,8(12)13)5-7(2)11/h7,11H,3-6,10H2,1-2H3,(H,12,13). The van der Waals surface area contributed by atoms with Gasteiger partial charge in [-0.05, 0) is 19.8 Å². The summed E-state index contributed by atoms with van der Waals surface area (Å²) in [5.74, 6) is -0.905. The smallest absolute Gasteiger partial charge is 0.311 e. The molecule has 0 radical (unpaired) electrons. The second kappa shape index (κ2) is 5.19. The van der Waals surface area contributed by atoms with Crippen molar-refractivity contribution in [2.45, 2.75) is 39.2 Å². The molecule has 13 heavy (non-hydrogen) atoms. The van der Waals surface area contributed by atoms with E-state index in [2.05, 4.69) is 0 Å². The summed E-state index contributed by atoms with van der Waals surface area (Å²) >= 11 is 0. The highest BCUT2D eigenvalue weighted by Gasteiger charge is 2.37. The van der Waals surface area contributed by atoms with Gasteiger partial charge in [-0.1, -0.05) is 13.3 Å². The third kappa shape index (κ3) is 3.32.